The second-order valence-electron chi connectivity index (χ2n) is 6.10. The van der Waals surface area contributed by atoms with Crippen molar-refractivity contribution in [3.63, 3.8) is 0 Å². The molecule has 1 aliphatic rings. The molecule has 19 heavy (non-hydrogen) atoms. The maximum Gasteiger partial charge on any atom is 0.416 e. The molecule has 1 aromatic rings. The van der Waals surface area contributed by atoms with Crippen molar-refractivity contribution >= 4 is 0 Å². The summed E-state index contributed by atoms with van der Waals surface area (Å²) in [5, 5.41) is 0. The fourth-order valence-corrected chi connectivity index (χ4v) is 3.41. The van der Waals surface area contributed by atoms with Crippen molar-refractivity contribution in [2.45, 2.75) is 32.9 Å². The van der Waals surface area contributed by atoms with Crippen LogP contribution in [0.5, 0.6) is 0 Å². The average molecular weight is 271 g/mol. The number of benzene rings is 1. The third-order valence-corrected chi connectivity index (χ3v) is 4.70. The first-order valence-corrected chi connectivity index (χ1v) is 6.56. The van der Waals surface area contributed by atoms with E-state index in [1.165, 1.54) is 12.1 Å². The molecule has 106 valence electrons. The highest BCUT2D eigenvalue weighted by atomic mass is 19.4. The van der Waals surface area contributed by atoms with Gasteiger partial charge in [-0.25, -0.2) is 0 Å². The van der Waals surface area contributed by atoms with Crippen LogP contribution in [0.2, 0.25) is 0 Å². The minimum Gasteiger partial charge on any atom is -0.330 e. The molecule has 0 bridgehead atoms. The first kappa shape index (κ1) is 14.4. The highest BCUT2D eigenvalue weighted by Gasteiger charge is 2.58. The van der Waals surface area contributed by atoms with E-state index in [4.69, 9.17) is 5.73 Å². The Balaban J connectivity index is 2.16. The molecule has 1 nitrogen and oxygen atoms in total. The third-order valence-electron chi connectivity index (χ3n) is 4.70. The molecule has 3 unspecified atom stereocenters. The predicted octanol–water partition coefficient (Wildman–Crippen LogP) is 4.04. The lowest BCUT2D eigenvalue weighted by Gasteiger charge is -2.15. The molecule has 0 spiro atoms. The largest absolute Gasteiger partial charge is 0.416 e. The van der Waals surface area contributed by atoms with E-state index >= 15 is 0 Å². The third kappa shape index (κ3) is 2.50. The second-order valence-corrected chi connectivity index (χ2v) is 6.10. The first-order valence-electron chi connectivity index (χ1n) is 6.56. The van der Waals surface area contributed by atoms with E-state index < -0.39 is 11.7 Å². The Bertz CT molecular complexity index is 447. The molecule has 1 aliphatic carbocycles. The van der Waals surface area contributed by atoms with E-state index in [0.717, 1.165) is 5.56 Å². The number of nitrogens with two attached hydrogens (primary N) is 1. The zero-order chi connectivity index (χ0) is 14.4. The van der Waals surface area contributed by atoms with Crippen LogP contribution >= 0.6 is 0 Å². The normalized spacial score (nSPS) is 27.1. The highest BCUT2D eigenvalue weighted by molar-refractivity contribution is 5.29. The van der Waals surface area contributed by atoms with E-state index in [1.807, 2.05) is 0 Å². The zero-order valence-electron chi connectivity index (χ0n) is 11.5. The molecule has 1 fully saturated rings. The van der Waals surface area contributed by atoms with Crippen molar-refractivity contribution in [2.24, 2.45) is 23.0 Å². The quantitative estimate of drug-likeness (QED) is 0.882. The van der Waals surface area contributed by atoms with Gasteiger partial charge in [-0.2, -0.15) is 13.2 Å². The van der Waals surface area contributed by atoms with Crippen LogP contribution in [0.4, 0.5) is 13.2 Å². The van der Waals surface area contributed by atoms with Crippen LogP contribution < -0.4 is 5.73 Å². The Labute approximate surface area is 112 Å². The van der Waals surface area contributed by atoms with Gasteiger partial charge in [0.15, 0.2) is 0 Å². The number of halogens is 3. The molecular weight excluding hydrogens is 251 g/mol. The van der Waals surface area contributed by atoms with Gasteiger partial charge in [0.2, 0.25) is 0 Å². The number of rotatable bonds is 3. The molecule has 2 N–H and O–H groups in total. The monoisotopic (exact) mass is 271 g/mol. The standard InChI is InChI=1S/C15H20F3N/c1-9(13-12(8-19)14(13,2)3)10-4-6-11(7-5-10)15(16,17)18/h4-7,9,12-13H,8,19H2,1-3H3. The molecule has 0 saturated heterocycles. The Morgan fingerprint density at radius 3 is 2.11 bits per heavy atom. The smallest absolute Gasteiger partial charge is 0.330 e. The van der Waals surface area contributed by atoms with Crippen molar-refractivity contribution in [1.29, 1.82) is 0 Å². The van der Waals surface area contributed by atoms with Gasteiger partial charge < -0.3 is 5.73 Å². The first-order chi connectivity index (χ1) is 8.69. The average Bonchev–Trinajstić information content (AvgIpc) is 2.89. The van der Waals surface area contributed by atoms with Crippen LogP contribution in [0, 0.1) is 17.3 Å². The summed E-state index contributed by atoms with van der Waals surface area (Å²) in [5.41, 5.74) is 6.31. The van der Waals surface area contributed by atoms with E-state index in [0.29, 0.717) is 18.4 Å². The van der Waals surface area contributed by atoms with Gasteiger partial charge in [-0.1, -0.05) is 32.9 Å². The van der Waals surface area contributed by atoms with Crippen molar-refractivity contribution < 1.29 is 13.2 Å². The summed E-state index contributed by atoms with van der Waals surface area (Å²) in [7, 11) is 0. The lowest BCUT2D eigenvalue weighted by atomic mass is 9.91. The van der Waals surface area contributed by atoms with Crippen LogP contribution in [0.3, 0.4) is 0 Å². The Morgan fingerprint density at radius 2 is 1.74 bits per heavy atom. The fourth-order valence-electron chi connectivity index (χ4n) is 3.41. The van der Waals surface area contributed by atoms with E-state index in [2.05, 4.69) is 20.8 Å². The Kier molecular flexibility index (Phi) is 3.42. The molecule has 0 amide bonds. The van der Waals surface area contributed by atoms with Gasteiger partial charge in [0.05, 0.1) is 5.56 Å². The second kappa shape index (κ2) is 4.51. The molecule has 3 atom stereocenters. The van der Waals surface area contributed by atoms with E-state index in [9.17, 15) is 13.2 Å². The number of alkyl halides is 3. The summed E-state index contributed by atoms with van der Waals surface area (Å²) in [6.45, 7) is 7.07. The molecule has 0 radical (unpaired) electrons. The molecule has 0 aromatic heterocycles. The van der Waals surface area contributed by atoms with Crippen molar-refractivity contribution in [2.75, 3.05) is 6.54 Å². The molecule has 2 rings (SSSR count). The summed E-state index contributed by atoms with van der Waals surface area (Å²) in [5.74, 6) is 1.16. The van der Waals surface area contributed by atoms with Crippen LogP contribution in [-0.2, 0) is 6.18 Å². The Hall–Kier alpha value is -1.03. The summed E-state index contributed by atoms with van der Waals surface area (Å²) in [6.07, 6.45) is -4.26. The van der Waals surface area contributed by atoms with Gasteiger partial charge in [-0.05, 0) is 47.4 Å². The van der Waals surface area contributed by atoms with Gasteiger partial charge in [0, 0.05) is 0 Å². The van der Waals surface area contributed by atoms with Crippen molar-refractivity contribution in [3.05, 3.63) is 35.4 Å². The summed E-state index contributed by atoms with van der Waals surface area (Å²) < 4.78 is 37.5. The number of hydrogen-bond acceptors (Lipinski definition) is 1. The van der Waals surface area contributed by atoms with Crippen molar-refractivity contribution in [1.82, 2.24) is 0 Å². The van der Waals surface area contributed by atoms with Crippen LogP contribution in [0.25, 0.3) is 0 Å². The van der Waals surface area contributed by atoms with Gasteiger partial charge in [0.1, 0.15) is 0 Å². The summed E-state index contributed by atoms with van der Waals surface area (Å²) in [6, 6.07) is 5.52. The van der Waals surface area contributed by atoms with Gasteiger partial charge in [0.25, 0.3) is 0 Å². The molecule has 1 aromatic carbocycles. The fraction of sp³-hybridized carbons (Fsp3) is 0.600. The summed E-state index contributed by atoms with van der Waals surface area (Å²) >= 11 is 0. The van der Waals surface area contributed by atoms with Crippen LogP contribution in [0.15, 0.2) is 24.3 Å². The molecule has 4 heteroatoms. The van der Waals surface area contributed by atoms with Crippen molar-refractivity contribution in [3.8, 4) is 0 Å². The molecule has 1 saturated carbocycles. The van der Waals surface area contributed by atoms with Gasteiger partial charge >= 0.3 is 6.18 Å². The predicted molar refractivity (Wildman–Crippen MR) is 69.7 cm³/mol. The molecular formula is C15H20F3N. The topological polar surface area (TPSA) is 26.0 Å². The van der Waals surface area contributed by atoms with Gasteiger partial charge in [-0.15, -0.1) is 0 Å². The maximum atomic E-state index is 12.5. The van der Waals surface area contributed by atoms with E-state index in [1.54, 1.807) is 12.1 Å². The van der Waals surface area contributed by atoms with Gasteiger partial charge in [-0.3, -0.25) is 0 Å². The van der Waals surface area contributed by atoms with Crippen LogP contribution in [-0.4, -0.2) is 6.54 Å². The number of hydrogen-bond donors (Lipinski definition) is 1. The minimum absolute atomic E-state index is 0.191. The van der Waals surface area contributed by atoms with E-state index in [-0.39, 0.29) is 11.3 Å². The molecule has 0 heterocycles. The Morgan fingerprint density at radius 1 is 1.21 bits per heavy atom. The maximum absolute atomic E-state index is 12.5. The summed E-state index contributed by atoms with van der Waals surface area (Å²) in [4.78, 5) is 0. The lowest BCUT2D eigenvalue weighted by Crippen LogP contribution is -2.07. The lowest BCUT2D eigenvalue weighted by molar-refractivity contribution is -0.137. The highest BCUT2D eigenvalue weighted by Crippen LogP contribution is 2.63. The minimum atomic E-state index is -4.26. The SMILES string of the molecule is CC(c1ccc(C(F)(F)F)cc1)C1C(CN)C1(C)C. The van der Waals surface area contributed by atoms with Crippen LogP contribution in [0.1, 0.15) is 37.8 Å². The zero-order valence-corrected chi connectivity index (χ0v) is 11.5. The molecule has 0 aliphatic heterocycles.